The Labute approximate surface area is 312 Å². The molecule has 0 radical (unpaired) electrons. The van der Waals surface area contributed by atoms with Gasteiger partial charge in [-0.05, 0) is 96.4 Å². The van der Waals surface area contributed by atoms with Gasteiger partial charge in [0.2, 0.25) is 11.8 Å². The van der Waals surface area contributed by atoms with Crippen molar-refractivity contribution >= 4 is 28.2 Å². The van der Waals surface area contributed by atoms with Crippen LogP contribution in [0.4, 0.5) is 13.6 Å². The lowest BCUT2D eigenvalue weighted by Gasteiger charge is -2.30. The zero-order valence-electron chi connectivity index (χ0n) is 30.1. The number of amides is 1. The van der Waals surface area contributed by atoms with Crippen LogP contribution in [-0.2, 0) is 17.8 Å². The molecule has 2 heterocycles. The molecule has 2 fully saturated rings. The van der Waals surface area contributed by atoms with Gasteiger partial charge in [0.15, 0.2) is 0 Å². The van der Waals surface area contributed by atoms with Crippen molar-refractivity contribution in [1.29, 1.82) is 0 Å². The first-order valence-corrected chi connectivity index (χ1v) is 17.6. The third-order valence-corrected chi connectivity index (χ3v) is 9.25. The molecule has 14 heteroatoms. The lowest BCUT2D eigenvalue weighted by molar-refractivity contribution is 0.0489. The van der Waals surface area contributed by atoms with Crippen molar-refractivity contribution in [2.24, 2.45) is 5.73 Å². The SMILES string of the molecule is C.C.COc1cnc2ccc(F)c(CNC3CCC(N)CC3)c2n1.COc1cnc2ccc(F)c(CNC3CCC(NC(=O)OC(C)(C)C)CC3)c2n1. The van der Waals surface area contributed by atoms with Gasteiger partial charge in [-0.2, -0.15) is 0 Å². The number of hydrogen-bond donors (Lipinski definition) is 4. The summed E-state index contributed by atoms with van der Waals surface area (Å²) in [6, 6.07) is 7.16. The van der Waals surface area contributed by atoms with Crippen LogP contribution in [0, 0.1) is 11.6 Å². The average molecular weight is 741 g/mol. The minimum Gasteiger partial charge on any atom is -0.480 e. The Balaban J connectivity index is 0.000000284. The number of carbonyl (C=O) groups excluding carboxylic acids is 1. The Kier molecular flexibility index (Phi) is 16.0. The molecule has 0 atom stereocenters. The summed E-state index contributed by atoms with van der Waals surface area (Å²) in [6.45, 7) is 6.34. The van der Waals surface area contributed by atoms with Crippen LogP contribution in [0.2, 0.25) is 0 Å². The van der Waals surface area contributed by atoms with Crippen molar-refractivity contribution in [2.45, 2.75) is 130 Å². The minimum atomic E-state index is -0.503. The molecule has 0 spiro atoms. The first-order chi connectivity index (χ1) is 24.4. The molecule has 1 amide bonds. The topological polar surface area (TPSA) is 158 Å². The smallest absolute Gasteiger partial charge is 0.407 e. The first kappa shape index (κ1) is 43.1. The fourth-order valence-electron chi connectivity index (χ4n) is 6.45. The van der Waals surface area contributed by atoms with Crippen molar-refractivity contribution in [1.82, 2.24) is 35.9 Å². The fraction of sp³-hybridized carbons (Fsp3) is 0.564. The van der Waals surface area contributed by atoms with Crippen LogP contribution in [0.15, 0.2) is 36.7 Å². The molecule has 2 aliphatic carbocycles. The molecular weight excluding hydrogens is 682 g/mol. The van der Waals surface area contributed by atoms with Crippen LogP contribution in [0.5, 0.6) is 11.8 Å². The lowest BCUT2D eigenvalue weighted by Crippen LogP contribution is -2.43. The predicted octanol–water partition coefficient (Wildman–Crippen LogP) is 7.11. The number of alkyl carbamates (subject to hydrolysis) is 1. The molecule has 2 aliphatic rings. The number of ether oxygens (including phenoxy) is 3. The van der Waals surface area contributed by atoms with E-state index >= 15 is 0 Å². The molecule has 0 aliphatic heterocycles. The highest BCUT2D eigenvalue weighted by molar-refractivity contribution is 5.79. The van der Waals surface area contributed by atoms with Gasteiger partial charge in [0.25, 0.3) is 0 Å². The molecule has 2 aromatic heterocycles. The number of halogens is 2. The molecule has 4 aromatic rings. The lowest BCUT2D eigenvalue weighted by atomic mass is 9.91. The van der Waals surface area contributed by atoms with E-state index in [1.54, 1.807) is 18.3 Å². The van der Waals surface area contributed by atoms with Gasteiger partial charge in [-0.1, -0.05) is 14.9 Å². The summed E-state index contributed by atoms with van der Waals surface area (Å²) in [5.74, 6) is 0.170. The number of hydrogen-bond acceptors (Lipinski definition) is 11. The molecule has 0 saturated heterocycles. The van der Waals surface area contributed by atoms with Gasteiger partial charge in [0.05, 0.1) is 37.6 Å². The predicted molar refractivity (Wildman–Crippen MR) is 205 cm³/mol. The Morgan fingerprint density at radius 1 is 0.736 bits per heavy atom. The molecule has 5 N–H and O–H groups in total. The highest BCUT2D eigenvalue weighted by Crippen LogP contribution is 2.25. The number of aromatic nitrogens is 4. The number of nitrogens with zero attached hydrogens (tertiary/aromatic N) is 4. The highest BCUT2D eigenvalue weighted by Gasteiger charge is 2.25. The van der Waals surface area contributed by atoms with E-state index in [4.69, 9.17) is 19.9 Å². The van der Waals surface area contributed by atoms with Crippen molar-refractivity contribution in [3.63, 3.8) is 0 Å². The standard InChI is InChI=1S/C21H29FN4O3.C16H21FN4O.2CH4/c1-21(2,3)29-20(27)25-14-7-5-13(6-8-14)23-11-15-16(22)9-10-17-19(15)26-18(28-4)12-24-17;1-22-15-9-20-14-7-6-13(17)12(16(14)21-15)8-19-11-4-2-10(18)3-5-11;;/h9-10,12-14,23H,5-8,11H2,1-4H3,(H,25,27);6-7,9-11,19H,2-5,8,18H2,1H3;2*1H4. The third kappa shape index (κ3) is 12.1. The molecule has 2 saturated carbocycles. The number of nitrogens with two attached hydrogens (primary N) is 1. The molecule has 12 nitrogen and oxygen atoms in total. The first-order valence-electron chi connectivity index (χ1n) is 17.6. The molecule has 292 valence electrons. The molecule has 53 heavy (non-hydrogen) atoms. The number of carbonyl (C=O) groups is 1. The Morgan fingerprint density at radius 3 is 1.57 bits per heavy atom. The number of nitrogens with one attached hydrogen (secondary N) is 3. The third-order valence-electron chi connectivity index (χ3n) is 9.25. The maximum atomic E-state index is 14.4. The number of fused-ring (bicyclic) bond motifs is 2. The normalized spacial score (nSPS) is 19.9. The van der Waals surface area contributed by atoms with E-state index in [9.17, 15) is 13.6 Å². The van der Waals surface area contributed by atoms with Gasteiger partial charge in [0.1, 0.15) is 28.3 Å². The second kappa shape index (κ2) is 19.7. The highest BCUT2D eigenvalue weighted by atomic mass is 19.1. The van der Waals surface area contributed by atoms with Crippen LogP contribution in [0.25, 0.3) is 22.1 Å². The molecule has 2 aromatic carbocycles. The summed E-state index contributed by atoms with van der Waals surface area (Å²) in [7, 11) is 3.04. The van der Waals surface area contributed by atoms with Crippen LogP contribution in [0.1, 0.15) is 98.1 Å². The summed E-state index contributed by atoms with van der Waals surface area (Å²) < 4.78 is 44.2. The van der Waals surface area contributed by atoms with Crippen molar-refractivity contribution < 1.29 is 27.8 Å². The summed E-state index contributed by atoms with van der Waals surface area (Å²) >= 11 is 0. The van der Waals surface area contributed by atoms with Crippen molar-refractivity contribution in [2.75, 3.05) is 14.2 Å². The zero-order chi connectivity index (χ0) is 36.5. The second-order valence-electron chi connectivity index (χ2n) is 14.2. The van der Waals surface area contributed by atoms with Gasteiger partial charge in [-0.15, -0.1) is 0 Å². The van der Waals surface area contributed by atoms with E-state index in [-0.39, 0.29) is 44.7 Å². The van der Waals surface area contributed by atoms with Gasteiger partial charge < -0.3 is 35.9 Å². The summed E-state index contributed by atoms with van der Waals surface area (Å²) in [4.78, 5) is 29.2. The Bertz CT molecular complexity index is 1770. The van der Waals surface area contributed by atoms with Crippen molar-refractivity contribution in [3.8, 4) is 11.8 Å². The van der Waals surface area contributed by atoms with Gasteiger partial charge in [-0.25, -0.2) is 33.5 Å². The second-order valence-corrected chi connectivity index (χ2v) is 14.2. The van der Waals surface area contributed by atoms with Crippen LogP contribution >= 0.6 is 0 Å². The van der Waals surface area contributed by atoms with E-state index < -0.39 is 5.60 Å². The van der Waals surface area contributed by atoms with E-state index in [1.807, 2.05) is 20.8 Å². The minimum absolute atomic E-state index is 0. The van der Waals surface area contributed by atoms with E-state index in [2.05, 4.69) is 35.9 Å². The fourth-order valence-corrected chi connectivity index (χ4v) is 6.45. The number of benzene rings is 2. The van der Waals surface area contributed by atoms with Gasteiger partial charge >= 0.3 is 6.09 Å². The Morgan fingerprint density at radius 2 is 1.15 bits per heavy atom. The summed E-state index contributed by atoms with van der Waals surface area (Å²) in [6.07, 6.45) is 10.3. The number of methoxy groups -OCH3 is 2. The zero-order valence-corrected chi connectivity index (χ0v) is 30.1. The van der Waals surface area contributed by atoms with Gasteiger partial charge in [-0.3, -0.25) is 0 Å². The average Bonchev–Trinajstić information content (AvgIpc) is 3.11. The maximum Gasteiger partial charge on any atom is 0.407 e. The summed E-state index contributed by atoms with van der Waals surface area (Å²) in [5, 5.41) is 9.79. The monoisotopic (exact) mass is 740 g/mol. The van der Waals surface area contributed by atoms with E-state index in [0.717, 1.165) is 51.4 Å². The quantitative estimate of drug-likeness (QED) is 0.139. The summed E-state index contributed by atoms with van der Waals surface area (Å²) in [5.41, 5.74) is 8.81. The molecule has 0 bridgehead atoms. The van der Waals surface area contributed by atoms with Crippen molar-refractivity contribution in [3.05, 3.63) is 59.4 Å². The maximum absolute atomic E-state index is 14.4. The molecular formula is C39H58F2N8O4. The molecule has 6 rings (SSSR count). The van der Waals surface area contributed by atoms with Crippen LogP contribution in [0.3, 0.4) is 0 Å². The van der Waals surface area contributed by atoms with E-state index in [0.29, 0.717) is 70.1 Å². The van der Waals surface area contributed by atoms with E-state index in [1.165, 1.54) is 32.5 Å². The number of rotatable bonds is 9. The van der Waals surface area contributed by atoms with Crippen LogP contribution < -0.4 is 31.2 Å². The van der Waals surface area contributed by atoms with Crippen LogP contribution in [-0.4, -0.2) is 70.0 Å². The molecule has 0 unspecified atom stereocenters. The largest absolute Gasteiger partial charge is 0.480 e. The Hall–Kier alpha value is -4.27. The van der Waals surface area contributed by atoms with Gasteiger partial charge in [0, 0.05) is 48.4 Å².